The molecule has 0 amide bonds. The summed E-state index contributed by atoms with van der Waals surface area (Å²) in [6.45, 7) is 6.79. The third-order valence-electron chi connectivity index (χ3n) is 4.83. The van der Waals surface area contributed by atoms with Gasteiger partial charge in [0.05, 0.1) is 19.1 Å². The van der Waals surface area contributed by atoms with E-state index in [-0.39, 0.29) is 24.9 Å². The lowest BCUT2D eigenvalue weighted by Crippen LogP contribution is -2.39. The number of carbonyl (C=O) groups is 1. The molecule has 3 rings (SSSR count). The van der Waals surface area contributed by atoms with Crippen molar-refractivity contribution in [3.8, 4) is 11.5 Å². The molecule has 1 aliphatic rings. The maximum Gasteiger partial charge on any atom is 0.304 e. The molecule has 1 aliphatic heterocycles. The summed E-state index contributed by atoms with van der Waals surface area (Å²) in [6.07, 6.45) is 0.127. The van der Waals surface area contributed by atoms with Gasteiger partial charge in [-0.3, -0.25) is 9.69 Å². The number of ether oxygens (including phenoxy) is 2. The second-order valence-electron chi connectivity index (χ2n) is 6.67. The number of hydrogen-bond donors (Lipinski definition) is 1. The summed E-state index contributed by atoms with van der Waals surface area (Å²) < 4.78 is 11.9. The molecule has 0 bridgehead atoms. The highest BCUT2D eigenvalue weighted by Gasteiger charge is 2.22. The summed E-state index contributed by atoms with van der Waals surface area (Å²) in [5.74, 6) is 0.897. The Balaban J connectivity index is 0.00000261. The minimum atomic E-state index is -0.763. The fraction of sp³-hybridized carbons (Fsp3) is 0.381. The first-order valence-electron chi connectivity index (χ1n) is 8.92. The zero-order chi connectivity index (χ0) is 18.5. The number of halogens is 1. The molecule has 2 aromatic rings. The molecule has 1 N–H and O–H groups in total. The molecular weight excluding hydrogens is 366 g/mol. The maximum absolute atomic E-state index is 10.8. The third kappa shape index (κ3) is 5.70. The number of benzene rings is 2. The van der Waals surface area contributed by atoms with Gasteiger partial charge in [-0.05, 0) is 48.7 Å². The lowest BCUT2D eigenvalue weighted by molar-refractivity contribution is -0.137. The van der Waals surface area contributed by atoms with Gasteiger partial charge in [0.1, 0.15) is 11.5 Å². The van der Waals surface area contributed by atoms with Crippen molar-refractivity contribution in [2.45, 2.75) is 26.4 Å². The molecular formula is C21H26ClNO4. The van der Waals surface area contributed by atoms with Crippen LogP contribution in [0.15, 0.2) is 42.5 Å². The molecule has 1 saturated heterocycles. The van der Waals surface area contributed by atoms with Crippen molar-refractivity contribution in [2.24, 2.45) is 0 Å². The van der Waals surface area contributed by atoms with E-state index in [0.29, 0.717) is 19.7 Å². The molecule has 1 unspecified atom stereocenters. The van der Waals surface area contributed by atoms with Crippen molar-refractivity contribution >= 4 is 18.4 Å². The zero-order valence-electron chi connectivity index (χ0n) is 15.7. The van der Waals surface area contributed by atoms with E-state index in [1.807, 2.05) is 36.4 Å². The monoisotopic (exact) mass is 391 g/mol. The van der Waals surface area contributed by atoms with E-state index in [4.69, 9.17) is 14.6 Å². The van der Waals surface area contributed by atoms with Crippen molar-refractivity contribution in [3.05, 3.63) is 59.2 Å². The van der Waals surface area contributed by atoms with Crippen LogP contribution in [0.4, 0.5) is 0 Å². The highest BCUT2D eigenvalue weighted by atomic mass is 35.5. The van der Waals surface area contributed by atoms with Crippen LogP contribution in [0, 0.1) is 13.8 Å². The zero-order valence-corrected chi connectivity index (χ0v) is 16.5. The van der Waals surface area contributed by atoms with Gasteiger partial charge >= 0.3 is 5.97 Å². The van der Waals surface area contributed by atoms with Crippen LogP contribution in [0.2, 0.25) is 0 Å². The van der Waals surface area contributed by atoms with Gasteiger partial charge in [0.15, 0.2) is 0 Å². The van der Waals surface area contributed by atoms with Crippen molar-refractivity contribution in [3.63, 3.8) is 0 Å². The standard InChI is InChI=1S/C21H25NO4.ClH/c1-15-4-3-5-19(16(15)2)26-18-8-6-17(7-9-18)20-14-22(12-13-25-20)11-10-21(23)24;/h3-9,20H,10-14H2,1-2H3,(H,23,24);1H. The second-order valence-corrected chi connectivity index (χ2v) is 6.67. The normalized spacial score (nSPS) is 17.2. The predicted octanol–water partition coefficient (Wildman–Crippen LogP) is 4.37. The summed E-state index contributed by atoms with van der Waals surface area (Å²) >= 11 is 0. The first-order chi connectivity index (χ1) is 12.5. The molecule has 0 aromatic heterocycles. The van der Waals surface area contributed by atoms with E-state index in [1.54, 1.807) is 0 Å². The fourth-order valence-corrected chi connectivity index (χ4v) is 3.07. The van der Waals surface area contributed by atoms with Crippen LogP contribution in [-0.4, -0.2) is 42.2 Å². The number of carboxylic acids is 1. The quantitative estimate of drug-likeness (QED) is 0.792. The Bertz CT molecular complexity index is 763. The number of aryl methyl sites for hydroxylation is 1. The SMILES string of the molecule is Cc1cccc(Oc2ccc(C3CN(CCC(=O)O)CCO3)cc2)c1C.Cl. The number of carboxylic acid groups (broad SMARTS) is 1. The van der Waals surface area contributed by atoms with Crippen LogP contribution in [0.5, 0.6) is 11.5 Å². The van der Waals surface area contributed by atoms with Gasteiger partial charge in [-0.15, -0.1) is 12.4 Å². The molecule has 146 valence electrons. The number of rotatable bonds is 6. The smallest absolute Gasteiger partial charge is 0.304 e. The molecule has 0 aliphatic carbocycles. The number of nitrogens with zero attached hydrogens (tertiary/aromatic N) is 1. The minimum absolute atomic E-state index is 0. The summed E-state index contributed by atoms with van der Waals surface area (Å²) in [6, 6.07) is 14.0. The van der Waals surface area contributed by atoms with Crippen LogP contribution in [0.25, 0.3) is 0 Å². The summed E-state index contributed by atoms with van der Waals surface area (Å²) in [5, 5.41) is 8.84. The van der Waals surface area contributed by atoms with Crippen LogP contribution >= 0.6 is 12.4 Å². The van der Waals surface area contributed by atoms with Crippen LogP contribution in [0.3, 0.4) is 0 Å². The molecule has 1 fully saturated rings. The highest BCUT2D eigenvalue weighted by molar-refractivity contribution is 5.85. The largest absolute Gasteiger partial charge is 0.481 e. The van der Waals surface area contributed by atoms with Gasteiger partial charge in [-0.1, -0.05) is 24.3 Å². The average molecular weight is 392 g/mol. The molecule has 1 atom stereocenters. The van der Waals surface area contributed by atoms with E-state index in [1.165, 1.54) is 5.56 Å². The molecule has 0 spiro atoms. The fourth-order valence-electron chi connectivity index (χ4n) is 3.07. The minimum Gasteiger partial charge on any atom is -0.481 e. The Morgan fingerprint density at radius 1 is 1.22 bits per heavy atom. The third-order valence-corrected chi connectivity index (χ3v) is 4.83. The molecule has 1 heterocycles. The van der Waals surface area contributed by atoms with Crippen LogP contribution in [-0.2, 0) is 9.53 Å². The Kier molecular flexibility index (Phi) is 7.66. The van der Waals surface area contributed by atoms with Crippen molar-refractivity contribution in [2.75, 3.05) is 26.2 Å². The van der Waals surface area contributed by atoms with Gasteiger partial charge in [-0.25, -0.2) is 0 Å². The van der Waals surface area contributed by atoms with Crippen LogP contribution in [0.1, 0.15) is 29.2 Å². The van der Waals surface area contributed by atoms with E-state index >= 15 is 0 Å². The Morgan fingerprint density at radius 3 is 2.67 bits per heavy atom. The first-order valence-corrected chi connectivity index (χ1v) is 8.92. The number of morpholine rings is 1. The van der Waals surface area contributed by atoms with Gasteiger partial charge in [0.2, 0.25) is 0 Å². The summed E-state index contributed by atoms with van der Waals surface area (Å²) in [5.41, 5.74) is 3.43. The van der Waals surface area contributed by atoms with Crippen LogP contribution < -0.4 is 4.74 Å². The highest BCUT2D eigenvalue weighted by Crippen LogP contribution is 2.29. The Hall–Kier alpha value is -2.08. The molecule has 27 heavy (non-hydrogen) atoms. The van der Waals surface area contributed by atoms with E-state index in [2.05, 4.69) is 24.8 Å². The Labute approximate surface area is 166 Å². The molecule has 6 heteroatoms. The van der Waals surface area contributed by atoms with E-state index in [0.717, 1.165) is 29.2 Å². The van der Waals surface area contributed by atoms with Crippen molar-refractivity contribution in [1.82, 2.24) is 4.90 Å². The van der Waals surface area contributed by atoms with Crippen molar-refractivity contribution in [1.29, 1.82) is 0 Å². The summed E-state index contributed by atoms with van der Waals surface area (Å²) in [7, 11) is 0. The maximum atomic E-state index is 10.8. The number of hydrogen-bond acceptors (Lipinski definition) is 4. The topological polar surface area (TPSA) is 59.0 Å². The average Bonchev–Trinajstić information content (AvgIpc) is 2.65. The lowest BCUT2D eigenvalue weighted by Gasteiger charge is -2.32. The van der Waals surface area contributed by atoms with Gasteiger partial charge < -0.3 is 14.6 Å². The molecule has 0 saturated carbocycles. The molecule has 2 aromatic carbocycles. The molecule has 5 nitrogen and oxygen atoms in total. The van der Waals surface area contributed by atoms with Gasteiger partial charge in [0.25, 0.3) is 0 Å². The van der Waals surface area contributed by atoms with E-state index < -0.39 is 5.97 Å². The predicted molar refractivity (Wildman–Crippen MR) is 107 cm³/mol. The van der Waals surface area contributed by atoms with Gasteiger partial charge in [-0.2, -0.15) is 0 Å². The molecule has 0 radical (unpaired) electrons. The lowest BCUT2D eigenvalue weighted by atomic mass is 10.1. The Morgan fingerprint density at radius 2 is 1.96 bits per heavy atom. The number of aliphatic carboxylic acids is 1. The van der Waals surface area contributed by atoms with Crippen molar-refractivity contribution < 1.29 is 19.4 Å². The second kappa shape index (κ2) is 9.74. The first kappa shape index (κ1) is 21.2. The summed E-state index contributed by atoms with van der Waals surface area (Å²) in [4.78, 5) is 12.9. The van der Waals surface area contributed by atoms with Gasteiger partial charge in [0, 0.05) is 19.6 Å². The van der Waals surface area contributed by atoms with E-state index in [9.17, 15) is 4.79 Å².